The third kappa shape index (κ3) is 8.33. The Morgan fingerprint density at radius 3 is 2.26 bits per heavy atom. The summed E-state index contributed by atoms with van der Waals surface area (Å²) in [7, 11) is -3.81. The van der Waals surface area contributed by atoms with Gasteiger partial charge in [-0.15, -0.1) is 0 Å². The van der Waals surface area contributed by atoms with Gasteiger partial charge >= 0.3 is 18.1 Å². The van der Waals surface area contributed by atoms with Gasteiger partial charge in [-0.2, -0.15) is 13.2 Å². The van der Waals surface area contributed by atoms with Crippen LogP contribution in [0.2, 0.25) is 0 Å². The van der Waals surface area contributed by atoms with E-state index in [1.54, 1.807) is 43.3 Å². The second-order valence-electron chi connectivity index (χ2n) is 9.67. The summed E-state index contributed by atoms with van der Waals surface area (Å²) < 4.78 is 59.9. The molecule has 214 valence electrons. The van der Waals surface area contributed by atoms with Gasteiger partial charge in [0.05, 0.1) is 16.1 Å². The highest BCUT2D eigenvalue weighted by molar-refractivity contribution is 7.92. The Labute approximate surface area is 225 Å². The molecule has 1 atom stereocenters. The number of anilines is 2. The first-order valence-corrected chi connectivity index (χ1v) is 14.0. The average Bonchev–Trinajstić information content (AvgIpc) is 3.37. The molecule has 0 bridgehead atoms. The topological polar surface area (TPSA) is 127 Å². The van der Waals surface area contributed by atoms with Gasteiger partial charge in [0.15, 0.2) is 0 Å². The van der Waals surface area contributed by atoms with Crippen LogP contribution in [0.5, 0.6) is 0 Å². The number of benzene rings is 2. The maximum absolute atomic E-state index is 12.8. The highest BCUT2D eigenvalue weighted by atomic mass is 32.2. The molecule has 2 heterocycles. The first-order valence-electron chi connectivity index (χ1n) is 12.5. The summed E-state index contributed by atoms with van der Waals surface area (Å²) in [4.78, 5) is 25.8. The highest BCUT2D eigenvalue weighted by Gasteiger charge is 2.38. The van der Waals surface area contributed by atoms with E-state index in [1.165, 1.54) is 18.9 Å². The van der Waals surface area contributed by atoms with Crippen LogP contribution in [0.3, 0.4) is 0 Å². The predicted molar refractivity (Wildman–Crippen MR) is 140 cm³/mol. The first kappa shape index (κ1) is 30.2. The maximum Gasteiger partial charge on any atom is 0.490 e. The molecule has 0 spiro atoms. The van der Waals surface area contributed by atoms with Gasteiger partial charge in [0, 0.05) is 25.3 Å². The summed E-state index contributed by atoms with van der Waals surface area (Å²) in [6.07, 6.45) is -0.373. The van der Waals surface area contributed by atoms with Crippen molar-refractivity contribution < 1.29 is 41.4 Å². The van der Waals surface area contributed by atoms with Crippen molar-refractivity contribution in [3.8, 4) is 0 Å². The molecule has 0 radical (unpaired) electrons. The van der Waals surface area contributed by atoms with E-state index in [4.69, 9.17) is 9.90 Å². The molecule has 2 fully saturated rings. The van der Waals surface area contributed by atoms with Crippen LogP contribution in [0.15, 0.2) is 47.4 Å². The fraction of sp³-hybridized carbons (Fsp3) is 0.462. The van der Waals surface area contributed by atoms with Crippen molar-refractivity contribution in [2.75, 3.05) is 42.3 Å². The van der Waals surface area contributed by atoms with Crippen molar-refractivity contribution in [3.05, 3.63) is 53.6 Å². The number of piperidine rings is 1. The fourth-order valence-corrected chi connectivity index (χ4v) is 6.17. The molecule has 0 saturated carbocycles. The predicted octanol–water partition coefficient (Wildman–Crippen LogP) is 4.44. The Morgan fingerprint density at radius 1 is 1.03 bits per heavy atom. The standard InChI is InChI=1S/C24H31N3O4S.C2HF3O2/c1-18-7-2-3-9-23(18)32(30,31)25-20-10-11-22(21(15-20)24(28)29)27-14-6-8-19(17-27)16-26-12-4-5-13-26;3-2(4,5)1(6)7/h2-3,7,9-11,15,19,25H,4-6,8,12-14,16-17H2,1H3,(H,28,29);(H,6,7). The Kier molecular flexibility index (Phi) is 9.83. The zero-order chi connectivity index (χ0) is 28.8. The Bertz CT molecular complexity index is 1280. The van der Waals surface area contributed by atoms with Crippen LogP contribution < -0.4 is 9.62 Å². The van der Waals surface area contributed by atoms with E-state index in [0.717, 1.165) is 45.6 Å². The van der Waals surface area contributed by atoms with Crippen molar-refractivity contribution >= 4 is 33.3 Å². The van der Waals surface area contributed by atoms with Gasteiger partial charge in [-0.1, -0.05) is 18.2 Å². The van der Waals surface area contributed by atoms with Crippen LogP contribution in [-0.4, -0.2) is 74.4 Å². The lowest BCUT2D eigenvalue weighted by atomic mass is 9.96. The molecule has 2 aliphatic rings. The highest BCUT2D eigenvalue weighted by Crippen LogP contribution is 2.30. The van der Waals surface area contributed by atoms with Crippen molar-refractivity contribution in [2.24, 2.45) is 5.92 Å². The largest absolute Gasteiger partial charge is 0.490 e. The zero-order valence-electron chi connectivity index (χ0n) is 21.4. The van der Waals surface area contributed by atoms with E-state index < -0.39 is 28.1 Å². The van der Waals surface area contributed by atoms with Gasteiger partial charge in [-0.05, 0) is 81.4 Å². The van der Waals surface area contributed by atoms with Crippen LogP contribution in [0.1, 0.15) is 41.6 Å². The van der Waals surface area contributed by atoms with Gasteiger partial charge in [0.2, 0.25) is 0 Å². The number of hydrogen-bond donors (Lipinski definition) is 3. The summed E-state index contributed by atoms with van der Waals surface area (Å²) in [6.45, 7) is 6.75. The van der Waals surface area contributed by atoms with Crippen molar-refractivity contribution in [1.82, 2.24) is 4.90 Å². The number of sulfonamides is 1. The molecule has 39 heavy (non-hydrogen) atoms. The minimum Gasteiger partial charge on any atom is -0.478 e. The molecule has 2 aromatic rings. The number of nitrogens with zero attached hydrogens (tertiary/aromatic N) is 2. The van der Waals surface area contributed by atoms with E-state index >= 15 is 0 Å². The van der Waals surface area contributed by atoms with Gasteiger partial charge in [0.25, 0.3) is 10.0 Å². The fourth-order valence-electron chi connectivity index (χ4n) is 4.88. The molecule has 0 amide bonds. The first-order chi connectivity index (χ1) is 18.3. The lowest BCUT2D eigenvalue weighted by Gasteiger charge is -2.36. The Balaban J connectivity index is 0.000000532. The summed E-state index contributed by atoms with van der Waals surface area (Å²) in [5.41, 5.74) is 1.66. The number of halogens is 3. The number of carbonyl (C=O) groups is 2. The molecule has 3 N–H and O–H groups in total. The summed E-state index contributed by atoms with van der Waals surface area (Å²) in [6, 6.07) is 11.5. The minimum atomic E-state index is -5.08. The normalized spacial score (nSPS) is 18.3. The number of carboxylic acid groups (broad SMARTS) is 2. The third-order valence-electron chi connectivity index (χ3n) is 6.68. The molecule has 2 saturated heterocycles. The number of aromatic carboxylic acids is 1. The molecule has 0 aromatic heterocycles. The average molecular weight is 572 g/mol. The van der Waals surface area contributed by atoms with Gasteiger partial charge in [0.1, 0.15) is 0 Å². The molecule has 0 aliphatic carbocycles. The maximum atomic E-state index is 12.8. The number of aliphatic carboxylic acids is 1. The van der Waals surface area contributed by atoms with Crippen LogP contribution >= 0.6 is 0 Å². The van der Waals surface area contributed by atoms with Crippen molar-refractivity contribution in [3.63, 3.8) is 0 Å². The second kappa shape index (κ2) is 12.7. The van der Waals surface area contributed by atoms with Crippen LogP contribution in [0.4, 0.5) is 24.5 Å². The van der Waals surface area contributed by atoms with E-state index in [2.05, 4.69) is 14.5 Å². The minimum absolute atomic E-state index is 0.122. The molecule has 4 rings (SSSR count). The van der Waals surface area contributed by atoms with Gasteiger partial charge in [-0.3, -0.25) is 4.72 Å². The molecule has 1 unspecified atom stereocenters. The van der Waals surface area contributed by atoms with Crippen molar-refractivity contribution in [2.45, 2.75) is 43.7 Å². The van der Waals surface area contributed by atoms with Crippen molar-refractivity contribution in [1.29, 1.82) is 0 Å². The molecular weight excluding hydrogens is 539 g/mol. The number of alkyl halides is 3. The molecule has 2 aliphatic heterocycles. The summed E-state index contributed by atoms with van der Waals surface area (Å²) in [5, 5.41) is 17.0. The summed E-state index contributed by atoms with van der Waals surface area (Å²) >= 11 is 0. The number of rotatable bonds is 7. The van der Waals surface area contributed by atoms with E-state index in [-0.39, 0.29) is 16.1 Å². The number of likely N-dealkylation sites (tertiary alicyclic amines) is 1. The number of carboxylic acids is 2. The quantitative estimate of drug-likeness (QED) is 0.445. The van der Waals surface area contributed by atoms with E-state index in [1.807, 2.05) is 0 Å². The van der Waals surface area contributed by atoms with Gasteiger partial charge < -0.3 is 20.0 Å². The summed E-state index contributed by atoms with van der Waals surface area (Å²) in [5.74, 6) is -3.30. The second-order valence-corrected chi connectivity index (χ2v) is 11.3. The molecule has 2 aromatic carbocycles. The van der Waals surface area contributed by atoms with Crippen LogP contribution in [-0.2, 0) is 14.8 Å². The molecule has 9 nitrogen and oxygen atoms in total. The lowest BCUT2D eigenvalue weighted by Crippen LogP contribution is -2.41. The van der Waals surface area contributed by atoms with Crippen LogP contribution in [0.25, 0.3) is 0 Å². The molecule has 13 heteroatoms. The zero-order valence-corrected chi connectivity index (χ0v) is 22.3. The van der Waals surface area contributed by atoms with E-state index in [0.29, 0.717) is 17.2 Å². The molecular formula is C26H32F3N3O6S. The number of aryl methyl sites for hydroxylation is 1. The number of nitrogens with one attached hydrogen (secondary N) is 1. The third-order valence-corrected chi connectivity index (χ3v) is 8.22. The number of hydrogen-bond acceptors (Lipinski definition) is 6. The smallest absolute Gasteiger partial charge is 0.478 e. The van der Waals surface area contributed by atoms with Gasteiger partial charge in [-0.25, -0.2) is 18.0 Å². The Morgan fingerprint density at radius 2 is 1.67 bits per heavy atom. The van der Waals surface area contributed by atoms with Crippen LogP contribution in [0, 0.1) is 12.8 Å². The Hall–Kier alpha value is -3.32. The SMILES string of the molecule is Cc1ccccc1S(=O)(=O)Nc1ccc(N2CCCC(CN3CCCC3)C2)c(C(=O)O)c1.O=C(O)C(F)(F)F. The lowest BCUT2D eigenvalue weighted by molar-refractivity contribution is -0.192. The monoisotopic (exact) mass is 571 g/mol. The van der Waals surface area contributed by atoms with E-state index in [9.17, 15) is 31.5 Å².